The molecule has 0 saturated heterocycles. The van der Waals surface area contributed by atoms with E-state index >= 15 is 0 Å². The van der Waals surface area contributed by atoms with E-state index in [1.807, 2.05) is 0 Å². The summed E-state index contributed by atoms with van der Waals surface area (Å²) in [7, 11) is 0. The molecule has 0 aromatic heterocycles. The number of alkyl halides is 2. The topological polar surface area (TPSA) is 71.1 Å². The van der Waals surface area contributed by atoms with Gasteiger partial charge >= 0.3 is 18.6 Å². The third-order valence-electron chi connectivity index (χ3n) is 5.11. The van der Waals surface area contributed by atoms with E-state index in [0.717, 1.165) is 12.8 Å². The molecule has 1 fully saturated rings. The van der Waals surface area contributed by atoms with Crippen molar-refractivity contribution in [1.82, 2.24) is 0 Å². The van der Waals surface area contributed by atoms with E-state index in [2.05, 4.69) is 11.3 Å². The van der Waals surface area contributed by atoms with Gasteiger partial charge in [0.25, 0.3) is 0 Å². The molecule has 1 atom stereocenters. The number of hydrogen-bond acceptors (Lipinski definition) is 6. The number of halogens is 4. The number of esters is 2. The van der Waals surface area contributed by atoms with Crippen LogP contribution in [-0.2, 0) is 19.1 Å². The van der Waals surface area contributed by atoms with Crippen molar-refractivity contribution in [2.45, 2.75) is 71.7 Å². The lowest BCUT2D eigenvalue weighted by Crippen LogP contribution is -2.26. The van der Waals surface area contributed by atoms with Gasteiger partial charge in [0.15, 0.2) is 11.5 Å². The van der Waals surface area contributed by atoms with E-state index in [4.69, 9.17) is 37.4 Å². The van der Waals surface area contributed by atoms with Crippen molar-refractivity contribution in [1.29, 1.82) is 0 Å². The third-order valence-corrected chi connectivity index (χ3v) is 5.94. The average Bonchev–Trinajstić information content (AvgIpc) is 3.63. The van der Waals surface area contributed by atoms with Crippen LogP contribution in [0.3, 0.4) is 0 Å². The summed E-state index contributed by atoms with van der Waals surface area (Å²) in [5.41, 5.74) is 0.0543. The summed E-state index contributed by atoms with van der Waals surface area (Å²) < 4.78 is 47.2. The number of benzene rings is 1. The Bertz CT molecular complexity index is 1040. The van der Waals surface area contributed by atoms with Crippen molar-refractivity contribution in [3.63, 3.8) is 0 Å². The predicted octanol–water partition coefficient (Wildman–Crippen LogP) is 7.60. The Kier molecular flexibility index (Phi) is 11.4. The maximum Gasteiger partial charge on any atom is 0.387 e. The Morgan fingerprint density at radius 1 is 1.16 bits per heavy atom. The highest BCUT2D eigenvalue weighted by Gasteiger charge is 2.27. The maximum absolute atomic E-state index is 13.0. The predicted molar refractivity (Wildman–Crippen MR) is 138 cm³/mol. The molecule has 6 nitrogen and oxygen atoms in total. The van der Waals surface area contributed by atoms with Gasteiger partial charge in [-0.15, -0.1) is 0 Å². The van der Waals surface area contributed by atoms with Crippen molar-refractivity contribution in [3.8, 4) is 11.5 Å². The summed E-state index contributed by atoms with van der Waals surface area (Å²) >= 11 is 12.7. The fraction of sp³-hybridized carbons (Fsp3) is 0.481. The molecule has 1 saturated carbocycles. The van der Waals surface area contributed by atoms with Crippen LogP contribution in [0.4, 0.5) is 8.78 Å². The Labute approximate surface area is 226 Å². The largest absolute Gasteiger partial charge is 0.489 e. The van der Waals surface area contributed by atoms with Crippen LogP contribution in [0.1, 0.15) is 65.0 Å². The molecule has 0 N–H and O–H groups in total. The summed E-state index contributed by atoms with van der Waals surface area (Å²) in [6.45, 7) is 7.69. The molecule has 0 aliphatic heterocycles. The Morgan fingerprint density at radius 2 is 1.84 bits per heavy atom. The van der Waals surface area contributed by atoms with E-state index in [1.165, 1.54) is 24.3 Å². The first kappa shape index (κ1) is 30.6. The molecule has 1 aliphatic carbocycles. The van der Waals surface area contributed by atoms with Crippen LogP contribution in [0, 0.1) is 5.92 Å². The molecule has 37 heavy (non-hydrogen) atoms. The van der Waals surface area contributed by atoms with Crippen molar-refractivity contribution < 1.29 is 37.3 Å². The Balaban J connectivity index is 2.41. The summed E-state index contributed by atoms with van der Waals surface area (Å²) in [6.07, 6.45) is 3.37. The Morgan fingerprint density at radius 3 is 2.38 bits per heavy atom. The number of hydrogen-bond donors (Lipinski definition) is 0. The van der Waals surface area contributed by atoms with Crippen LogP contribution < -0.4 is 9.47 Å². The summed E-state index contributed by atoms with van der Waals surface area (Å²) in [5, 5.41) is 0.542. The van der Waals surface area contributed by atoms with Gasteiger partial charge in [-0.25, -0.2) is 0 Å². The molecule has 1 aromatic carbocycles. The van der Waals surface area contributed by atoms with Gasteiger partial charge in [0, 0.05) is 16.5 Å². The first-order valence-corrected chi connectivity index (χ1v) is 12.5. The second kappa shape index (κ2) is 13.8. The lowest BCUT2D eigenvalue weighted by Gasteiger charge is -2.23. The molecule has 2 rings (SSSR count). The van der Waals surface area contributed by atoms with Crippen LogP contribution in [0.25, 0.3) is 0 Å². The zero-order valence-corrected chi connectivity index (χ0v) is 22.8. The molecular weight excluding hydrogens is 529 g/mol. The minimum Gasteiger partial charge on any atom is -0.489 e. The van der Waals surface area contributed by atoms with Gasteiger partial charge in [0.05, 0.1) is 6.61 Å². The highest BCUT2D eigenvalue weighted by atomic mass is 35.5. The molecule has 1 aromatic rings. The van der Waals surface area contributed by atoms with Crippen LogP contribution in [0.15, 0.2) is 52.6 Å². The summed E-state index contributed by atoms with van der Waals surface area (Å²) in [6, 6.07) is 4.25. The highest BCUT2D eigenvalue weighted by molar-refractivity contribution is 6.36. The summed E-state index contributed by atoms with van der Waals surface area (Å²) in [5.74, 6) is -1.32. The lowest BCUT2D eigenvalue weighted by atomic mass is 9.99. The number of allylic oxidation sites excluding steroid dienone is 4. The maximum atomic E-state index is 13.0. The first-order chi connectivity index (χ1) is 17.3. The van der Waals surface area contributed by atoms with Crippen LogP contribution >= 0.6 is 23.2 Å². The van der Waals surface area contributed by atoms with Crippen LogP contribution in [-0.4, -0.2) is 30.8 Å². The number of ether oxygens (including phenoxy) is 4. The minimum atomic E-state index is -3.05. The van der Waals surface area contributed by atoms with E-state index < -0.39 is 36.7 Å². The van der Waals surface area contributed by atoms with Gasteiger partial charge in [-0.2, -0.15) is 8.78 Å². The molecule has 0 heterocycles. The van der Waals surface area contributed by atoms with Crippen molar-refractivity contribution >= 4 is 35.1 Å². The molecule has 204 valence electrons. The van der Waals surface area contributed by atoms with Crippen LogP contribution in [0.2, 0.25) is 0 Å². The van der Waals surface area contributed by atoms with Crippen molar-refractivity contribution in [3.05, 3.63) is 58.1 Å². The monoisotopic (exact) mass is 560 g/mol. The van der Waals surface area contributed by atoms with E-state index in [0.29, 0.717) is 28.7 Å². The quantitative estimate of drug-likeness (QED) is 0.140. The zero-order chi connectivity index (χ0) is 27.8. The van der Waals surface area contributed by atoms with E-state index in [-0.39, 0.29) is 23.0 Å². The molecule has 0 amide bonds. The molecule has 0 unspecified atom stereocenters. The average molecular weight is 561 g/mol. The van der Waals surface area contributed by atoms with E-state index in [9.17, 15) is 18.4 Å². The van der Waals surface area contributed by atoms with Crippen molar-refractivity contribution in [2.75, 3.05) is 6.61 Å². The highest BCUT2D eigenvalue weighted by Crippen LogP contribution is 2.39. The van der Waals surface area contributed by atoms with Crippen LogP contribution in [0.5, 0.6) is 11.5 Å². The zero-order valence-electron chi connectivity index (χ0n) is 21.3. The fourth-order valence-electron chi connectivity index (χ4n) is 3.24. The molecule has 10 heteroatoms. The molecule has 0 spiro atoms. The third kappa shape index (κ3) is 10.7. The number of rotatable bonds is 13. The number of carbonyl (C=O) groups is 2. The smallest absolute Gasteiger partial charge is 0.387 e. The second-order valence-corrected chi connectivity index (χ2v) is 10.3. The molecule has 1 aliphatic rings. The van der Waals surface area contributed by atoms with Gasteiger partial charge in [-0.3, -0.25) is 9.59 Å². The SMILES string of the molecule is C=C/C(Cl)=C(C[C@H](OC(=O)CC(=O)OC(C)(C)C)c1ccc(OC(F)F)c(OCC2CC2)c1)\C(Cl)=C/C. The molecule has 0 radical (unpaired) electrons. The fourth-order valence-corrected chi connectivity index (χ4v) is 3.64. The van der Waals surface area contributed by atoms with Gasteiger partial charge in [-0.1, -0.05) is 48.0 Å². The summed E-state index contributed by atoms with van der Waals surface area (Å²) in [4.78, 5) is 24.9. The van der Waals surface area contributed by atoms with E-state index in [1.54, 1.807) is 33.8 Å². The first-order valence-electron chi connectivity index (χ1n) is 11.8. The van der Waals surface area contributed by atoms with Gasteiger partial charge in [0.2, 0.25) is 0 Å². The minimum absolute atomic E-state index is 0.00516. The normalized spacial score (nSPS) is 15.5. The molecule has 0 bridgehead atoms. The number of carbonyl (C=O) groups excluding carboxylic acids is 2. The second-order valence-electron chi connectivity index (χ2n) is 9.45. The van der Waals surface area contributed by atoms with Gasteiger partial charge in [-0.05, 0) is 69.7 Å². The standard InChI is InChI=1S/C27H32Cl2F2O6/c1-6-19(28)18(20(29)7-2)13-22(35-24(32)14-25(33)37-27(3,4)5)17-10-11-21(36-26(30)31)23(12-17)34-15-16-8-9-16/h6-7,10-12,16,22,26H,1,8-9,13-15H2,2-5H3/b19-18+,20-7+/t22-/m0/s1. The van der Waals surface area contributed by atoms with Gasteiger partial charge < -0.3 is 18.9 Å². The Hall–Kier alpha value is -2.58. The van der Waals surface area contributed by atoms with Crippen molar-refractivity contribution in [2.24, 2.45) is 5.92 Å². The lowest BCUT2D eigenvalue weighted by molar-refractivity contribution is -0.163. The van der Waals surface area contributed by atoms with Gasteiger partial charge in [0.1, 0.15) is 18.1 Å². The molecular formula is C27H32Cl2F2O6.